The summed E-state index contributed by atoms with van der Waals surface area (Å²) < 4.78 is 13.5. The van der Waals surface area contributed by atoms with E-state index in [-0.39, 0.29) is 11.2 Å². The molecule has 0 atom stereocenters. The molecule has 0 bridgehead atoms. The average molecular weight is 177 g/mol. The highest BCUT2D eigenvalue weighted by Gasteiger charge is 2.17. The Morgan fingerprint density at radius 1 is 1.31 bits per heavy atom. The van der Waals surface area contributed by atoms with Gasteiger partial charge >= 0.3 is 0 Å². The van der Waals surface area contributed by atoms with E-state index >= 15 is 0 Å². The molecular formula is C12H14F. The van der Waals surface area contributed by atoms with Crippen molar-refractivity contribution in [2.45, 2.75) is 26.2 Å². The topological polar surface area (TPSA) is 0 Å². The van der Waals surface area contributed by atoms with Crippen molar-refractivity contribution in [1.82, 2.24) is 0 Å². The van der Waals surface area contributed by atoms with Gasteiger partial charge in [0, 0.05) is 0 Å². The molecule has 0 heterocycles. The van der Waals surface area contributed by atoms with Crippen LogP contribution in [0.25, 0.3) is 0 Å². The Balaban J connectivity index is 3.20. The molecule has 0 saturated carbocycles. The van der Waals surface area contributed by atoms with Crippen molar-refractivity contribution in [2.75, 3.05) is 0 Å². The van der Waals surface area contributed by atoms with Gasteiger partial charge in [-0.1, -0.05) is 39.5 Å². The summed E-state index contributed by atoms with van der Waals surface area (Å²) >= 11 is 0. The third-order valence-corrected chi connectivity index (χ3v) is 1.98. The number of hydrogen-bond acceptors (Lipinski definition) is 0. The molecule has 1 aromatic carbocycles. The fourth-order valence-electron chi connectivity index (χ4n) is 1.23. The van der Waals surface area contributed by atoms with E-state index in [0.29, 0.717) is 5.56 Å². The Morgan fingerprint density at radius 2 is 1.92 bits per heavy atom. The number of rotatable bonds is 1. The van der Waals surface area contributed by atoms with Gasteiger partial charge in [0.1, 0.15) is 5.82 Å². The van der Waals surface area contributed by atoms with E-state index in [4.69, 9.17) is 0 Å². The lowest BCUT2D eigenvalue weighted by atomic mass is 9.86. The molecule has 0 spiro atoms. The number of halogens is 1. The summed E-state index contributed by atoms with van der Waals surface area (Å²) in [6.07, 6.45) is 2.66. The second-order valence-corrected chi connectivity index (χ2v) is 4.12. The van der Waals surface area contributed by atoms with Gasteiger partial charge in [0.05, 0.1) is 0 Å². The quantitative estimate of drug-likeness (QED) is 0.616. The normalized spacial score (nSPS) is 11.4. The zero-order chi connectivity index (χ0) is 10.1. The highest BCUT2D eigenvalue weighted by Crippen LogP contribution is 2.25. The van der Waals surface area contributed by atoms with Gasteiger partial charge in [-0.25, -0.2) is 4.39 Å². The summed E-state index contributed by atoms with van der Waals surface area (Å²) in [4.78, 5) is 0. The average Bonchev–Trinajstić information content (AvgIpc) is 2.01. The van der Waals surface area contributed by atoms with Gasteiger partial charge in [0.2, 0.25) is 0 Å². The van der Waals surface area contributed by atoms with E-state index in [1.54, 1.807) is 6.07 Å². The SMILES string of the molecule is C=[C]c1ccc(C(C)(C)C)c(F)c1. The lowest BCUT2D eigenvalue weighted by molar-refractivity contribution is 0.522. The molecule has 69 valence electrons. The van der Waals surface area contributed by atoms with Crippen LogP contribution in [0.4, 0.5) is 4.39 Å². The van der Waals surface area contributed by atoms with Crippen LogP contribution in [0.1, 0.15) is 31.9 Å². The highest BCUT2D eigenvalue weighted by molar-refractivity contribution is 5.31. The molecule has 0 aliphatic rings. The van der Waals surface area contributed by atoms with Gasteiger partial charge in [-0.3, -0.25) is 0 Å². The van der Waals surface area contributed by atoms with E-state index in [1.165, 1.54) is 6.07 Å². The minimum atomic E-state index is -0.179. The summed E-state index contributed by atoms with van der Waals surface area (Å²) in [5.74, 6) is -0.179. The van der Waals surface area contributed by atoms with Crippen molar-refractivity contribution in [3.63, 3.8) is 0 Å². The predicted molar refractivity (Wildman–Crippen MR) is 53.1 cm³/mol. The van der Waals surface area contributed by atoms with Crippen LogP contribution in [0.5, 0.6) is 0 Å². The first kappa shape index (κ1) is 9.97. The smallest absolute Gasteiger partial charge is 0.127 e. The van der Waals surface area contributed by atoms with Gasteiger partial charge in [-0.2, -0.15) is 0 Å². The van der Waals surface area contributed by atoms with Crippen LogP contribution in [0.15, 0.2) is 24.8 Å². The van der Waals surface area contributed by atoms with Crippen molar-refractivity contribution in [3.8, 4) is 0 Å². The van der Waals surface area contributed by atoms with Gasteiger partial charge < -0.3 is 0 Å². The number of hydrogen-bond donors (Lipinski definition) is 0. The summed E-state index contributed by atoms with van der Waals surface area (Å²) in [6.45, 7) is 9.44. The summed E-state index contributed by atoms with van der Waals surface area (Å²) in [5.41, 5.74) is 1.28. The molecule has 0 N–H and O–H groups in total. The fourth-order valence-corrected chi connectivity index (χ4v) is 1.23. The second kappa shape index (κ2) is 3.33. The number of benzene rings is 1. The van der Waals surface area contributed by atoms with Gasteiger partial charge in [0.25, 0.3) is 0 Å². The Kier molecular flexibility index (Phi) is 2.55. The molecule has 0 nitrogen and oxygen atoms in total. The summed E-state index contributed by atoms with van der Waals surface area (Å²) in [5, 5.41) is 0. The van der Waals surface area contributed by atoms with Gasteiger partial charge in [-0.15, -0.1) is 0 Å². The first-order valence-electron chi connectivity index (χ1n) is 4.28. The molecule has 0 unspecified atom stereocenters. The molecule has 0 saturated heterocycles. The highest BCUT2D eigenvalue weighted by atomic mass is 19.1. The Morgan fingerprint density at radius 3 is 2.31 bits per heavy atom. The van der Waals surface area contributed by atoms with E-state index in [2.05, 4.69) is 12.7 Å². The molecule has 0 amide bonds. The molecule has 1 rings (SSSR count). The van der Waals surface area contributed by atoms with E-state index < -0.39 is 0 Å². The van der Waals surface area contributed by atoms with Crippen molar-refractivity contribution < 1.29 is 4.39 Å². The van der Waals surface area contributed by atoms with E-state index in [1.807, 2.05) is 26.8 Å². The molecular weight excluding hydrogens is 163 g/mol. The minimum absolute atomic E-state index is 0.149. The molecule has 13 heavy (non-hydrogen) atoms. The van der Waals surface area contributed by atoms with Gasteiger partial charge in [0.15, 0.2) is 0 Å². The predicted octanol–water partition coefficient (Wildman–Crippen LogP) is 3.46. The van der Waals surface area contributed by atoms with Crippen molar-refractivity contribution >= 4 is 0 Å². The molecule has 0 aromatic heterocycles. The largest absolute Gasteiger partial charge is 0.207 e. The molecule has 0 aliphatic carbocycles. The second-order valence-electron chi connectivity index (χ2n) is 4.12. The molecule has 1 aromatic rings. The molecule has 0 fully saturated rings. The zero-order valence-electron chi connectivity index (χ0n) is 8.32. The minimum Gasteiger partial charge on any atom is -0.207 e. The standard InChI is InChI=1S/C12H14F/c1-5-9-6-7-10(11(13)8-9)12(2,3)4/h6-8H,1H2,2-4H3. The van der Waals surface area contributed by atoms with Crippen LogP contribution in [-0.2, 0) is 5.41 Å². The van der Waals surface area contributed by atoms with Crippen molar-refractivity contribution in [3.05, 3.63) is 47.8 Å². The first-order chi connectivity index (χ1) is 5.95. The summed E-state index contributed by atoms with van der Waals surface area (Å²) in [7, 11) is 0. The van der Waals surface area contributed by atoms with Crippen molar-refractivity contribution in [1.29, 1.82) is 0 Å². The third kappa shape index (κ3) is 2.18. The lowest BCUT2D eigenvalue weighted by Crippen LogP contribution is -2.13. The maximum absolute atomic E-state index is 13.5. The third-order valence-electron chi connectivity index (χ3n) is 1.98. The maximum Gasteiger partial charge on any atom is 0.127 e. The van der Waals surface area contributed by atoms with Crippen LogP contribution < -0.4 is 0 Å². The van der Waals surface area contributed by atoms with Crippen LogP contribution in [0.2, 0.25) is 0 Å². The Bertz CT molecular complexity index is 318. The molecule has 1 heteroatoms. The molecule has 1 radical (unpaired) electrons. The Hall–Kier alpha value is -1.11. The maximum atomic E-state index is 13.5. The molecule has 0 aliphatic heterocycles. The monoisotopic (exact) mass is 177 g/mol. The van der Waals surface area contributed by atoms with E-state index in [9.17, 15) is 4.39 Å². The van der Waals surface area contributed by atoms with E-state index in [0.717, 1.165) is 5.56 Å². The van der Waals surface area contributed by atoms with Gasteiger partial charge in [-0.05, 0) is 28.7 Å². The zero-order valence-corrected chi connectivity index (χ0v) is 8.32. The van der Waals surface area contributed by atoms with Crippen LogP contribution in [-0.4, -0.2) is 0 Å². The van der Waals surface area contributed by atoms with Crippen LogP contribution in [0.3, 0.4) is 0 Å². The fraction of sp³-hybridized carbons (Fsp3) is 0.333. The summed E-state index contributed by atoms with van der Waals surface area (Å²) in [6, 6.07) is 5.09. The van der Waals surface area contributed by atoms with Crippen LogP contribution >= 0.6 is 0 Å². The first-order valence-corrected chi connectivity index (χ1v) is 4.28. The lowest BCUT2D eigenvalue weighted by Gasteiger charge is -2.19. The Labute approximate surface area is 79.1 Å². The van der Waals surface area contributed by atoms with Crippen molar-refractivity contribution in [2.24, 2.45) is 0 Å². The van der Waals surface area contributed by atoms with Crippen LogP contribution in [0, 0.1) is 11.9 Å².